The maximum absolute atomic E-state index is 13.6. The first-order valence-electron chi connectivity index (χ1n) is 8.47. The monoisotopic (exact) mass is 364 g/mol. The number of nitrogens with zero attached hydrogens (tertiary/aromatic N) is 1. The number of carboxylic acid groups (broad SMARTS) is 1. The summed E-state index contributed by atoms with van der Waals surface area (Å²) < 4.78 is 23.7. The van der Waals surface area contributed by atoms with Crippen molar-refractivity contribution in [2.24, 2.45) is 0 Å². The predicted octanol–water partition coefficient (Wildman–Crippen LogP) is 3.29. The molecule has 1 aliphatic rings. The number of aliphatic hydroxyl groups is 1. The fraction of sp³-hybridized carbons (Fsp3) is 0.444. The second-order valence-corrected chi connectivity index (χ2v) is 6.53. The predicted molar refractivity (Wildman–Crippen MR) is 91.9 cm³/mol. The number of halogens is 1. The molecule has 0 unspecified atom stereocenters. The summed E-state index contributed by atoms with van der Waals surface area (Å²) in [6, 6.07) is 3.91. The zero-order valence-corrected chi connectivity index (χ0v) is 14.4. The number of nitrogens with one attached hydrogen (secondary N) is 1. The maximum atomic E-state index is 13.6. The van der Waals surface area contributed by atoms with Gasteiger partial charge in [0.05, 0.1) is 12.7 Å². The first-order valence-corrected chi connectivity index (χ1v) is 8.47. The Bertz CT molecular complexity index is 799. The van der Waals surface area contributed by atoms with Gasteiger partial charge in [-0.05, 0) is 31.0 Å². The van der Waals surface area contributed by atoms with Crippen LogP contribution in [0.1, 0.15) is 42.5 Å². The quantitative estimate of drug-likeness (QED) is 0.722. The van der Waals surface area contributed by atoms with Crippen molar-refractivity contribution in [2.75, 3.05) is 19.0 Å². The summed E-state index contributed by atoms with van der Waals surface area (Å²) in [5.41, 5.74) is -0.720. The highest BCUT2D eigenvalue weighted by Crippen LogP contribution is 2.34. The second-order valence-electron chi connectivity index (χ2n) is 6.53. The van der Waals surface area contributed by atoms with Gasteiger partial charge in [-0.2, -0.15) is 0 Å². The van der Waals surface area contributed by atoms with E-state index in [4.69, 9.17) is 9.26 Å². The van der Waals surface area contributed by atoms with Gasteiger partial charge in [0.1, 0.15) is 0 Å². The van der Waals surface area contributed by atoms with Crippen LogP contribution < -0.4 is 10.1 Å². The van der Waals surface area contributed by atoms with Gasteiger partial charge in [0.15, 0.2) is 28.7 Å². The summed E-state index contributed by atoms with van der Waals surface area (Å²) in [6.07, 6.45) is 4.26. The van der Waals surface area contributed by atoms with Gasteiger partial charge < -0.3 is 24.8 Å². The third kappa shape index (κ3) is 3.65. The van der Waals surface area contributed by atoms with E-state index in [-0.39, 0.29) is 29.4 Å². The number of benzene rings is 1. The summed E-state index contributed by atoms with van der Waals surface area (Å²) in [7, 11) is 1.32. The number of aromatic nitrogens is 1. The largest absolute Gasteiger partial charge is 0.494 e. The van der Waals surface area contributed by atoms with Gasteiger partial charge in [-0.25, -0.2) is 9.18 Å². The van der Waals surface area contributed by atoms with E-state index in [0.29, 0.717) is 18.4 Å². The molecule has 1 aromatic heterocycles. The van der Waals surface area contributed by atoms with E-state index in [1.807, 2.05) is 0 Å². The standard InChI is InChI=1S/C18H21FN2O5/c1-25-13-9-11(5-6-12(13)19)15-14(17(22)23)16(21-26-15)20-10-18(24)7-3-2-4-8-18/h5-6,9,24H,2-4,7-8,10H2,1H3,(H,20,21)(H,22,23). The Labute approximate surface area is 149 Å². The number of carbonyl (C=O) groups is 1. The molecule has 8 heteroatoms. The van der Waals surface area contributed by atoms with Gasteiger partial charge in [0, 0.05) is 12.1 Å². The molecule has 1 aromatic carbocycles. The van der Waals surface area contributed by atoms with Crippen molar-refractivity contribution in [1.29, 1.82) is 0 Å². The van der Waals surface area contributed by atoms with Crippen molar-refractivity contribution < 1.29 is 28.7 Å². The summed E-state index contributed by atoms with van der Waals surface area (Å²) in [6.45, 7) is 0.187. The molecule has 0 aliphatic heterocycles. The Balaban J connectivity index is 1.88. The summed E-state index contributed by atoms with van der Waals surface area (Å²) in [5, 5.41) is 26.8. The zero-order valence-electron chi connectivity index (χ0n) is 14.4. The number of hydrogen-bond acceptors (Lipinski definition) is 6. The number of hydrogen-bond donors (Lipinski definition) is 3. The lowest BCUT2D eigenvalue weighted by atomic mass is 9.85. The lowest BCUT2D eigenvalue weighted by molar-refractivity contribution is 0.0165. The molecule has 2 aromatic rings. The first-order chi connectivity index (χ1) is 12.4. The topological polar surface area (TPSA) is 105 Å². The Kier molecular flexibility index (Phi) is 5.13. The highest BCUT2D eigenvalue weighted by Gasteiger charge is 2.31. The van der Waals surface area contributed by atoms with E-state index < -0.39 is 17.4 Å². The Morgan fingerprint density at radius 1 is 1.38 bits per heavy atom. The van der Waals surface area contributed by atoms with E-state index in [1.54, 1.807) is 0 Å². The van der Waals surface area contributed by atoms with Crippen LogP contribution in [0.3, 0.4) is 0 Å². The van der Waals surface area contributed by atoms with Crippen molar-refractivity contribution in [3.63, 3.8) is 0 Å². The number of ether oxygens (including phenoxy) is 1. The third-order valence-electron chi connectivity index (χ3n) is 4.69. The van der Waals surface area contributed by atoms with Crippen LogP contribution in [0.2, 0.25) is 0 Å². The molecule has 0 atom stereocenters. The summed E-state index contributed by atoms with van der Waals surface area (Å²) in [5.74, 6) is -1.79. The minimum atomic E-state index is -1.23. The average Bonchev–Trinajstić information content (AvgIpc) is 3.05. The first kappa shape index (κ1) is 18.2. The van der Waals surface area contributed by atoms with Gasteiger partial charge in [-0.1, -0.05) is 24.4 Å². The smallest absolute Gasteiger partial charge is 0.343 e. The molecule has 0 amide bonds. The van der Waals surface area contributed by atoms with Crippen molar-refractivity contribution in [3.05, 3.63) is 29.6 Å². The Morgan fingerprint density at radius 3 is 2.77 bits per heavy atom. The lowest BCUT2D eigenvalue weighted by Gasteiger charge is -2.32. The van der Waals surface area contributed by atoms with Gasteiger partial charge in [-0.15, -0.1) is 0 Å². The molecule has 1 fully saturated rings. The van der Waals surface area contributed by atoms with Crippen LogP contribution in [0, 0.1) is 5.82 Å². The average molecular weight is 364 g/mol. The molecule has 140 valence electrons. The normalized spacial score (nSPS) is 16.3. The molecule has 26 heavy (non-hydrogen) atoms. The minimum Gasteiger partial charge on any atom is -0.494 e. The molecule has 0 radical (unpaired) electrons. The second kappa shape index (κ2) is 7.33. The lowest BCUT2D eigenvalue weighted by Crippen LogP contribution is -2.39. The molecule has 0 saturated heterocycles. The molecule has 7 nitrogen and oxygen atoms in total. The summed E-state index contributed by atoms with van der Waals surface area (Å²) in [4.78, 5) is 11.7. The number of anilines is 1. The van der Waals surface area contributed by atoms with Crippen LogP contribution in [-0.4, -0.2) is 40.6 Å². The van der Waals surface area contributed by atoms with Crippen molar-refractivity contribution in [3.8, 4) is 17.1 Å². The molecule has 0 spiro atoms. The van der Waals surface area contributed by atoms with E-state index in [2.05, 4.69) is 10.5 Å². The molecular formula is C18H21FN2O5. The SMILES string of the molecule is COc1cc(-c2onc(NCC3(O)CCCCC3)c2C(=O)O)ccc1F. The maximum Gasteiger partial charge on any atom is 0.343 e. The van der Waals surface area contributed by atoms with Crippen LogP contribution in [-0.2, 0) is 0 Å². The number of methoxy groups -OCH3 is 1. The van der Waals surface area contributed by atoms with Crippen LogP contribution in [0.25, 0.3) is 11.3 Å². The summed E-state index contributed by atoms with van der Waals surface area (Å²) >= 11 is 0. The molecule has 3 N–H and O–H groups in total. The Morgan fingerprint density at radius 2 is 2.12 bits per heavy atom. The highest BCUT2D eigenvalue weighted by molar-refractivity contribution is 5.99. The van der Waals surface area contributed by atoms with E-state index in [9.17, 15) is 19.4 Å². The number of rotatable bonds is 6. The fourth-order valence-corrected chi connectivity index (χ4v) is 3.24. The van der Waals surface area contributed by atoms with Crippen LogP contribution >= 0.6 is 0 Å². The van der Waals surface area contributed by atoms with Crippen LogP contribution in [0.15, 0.2) is 22.7 Å². The molecule has 0 bridgehead atoms. The molecule has 1 aliphatic carbocycles. The zero-order chi connectivity index (χ0) is 18.7. The van der Waals surface area contributed by atoms with Crippen molar-refractivity contribution >= 4 is 11.8 Å². The Hall–Kier alpha value is -2.61. The van der Waals surface area contributed by atoms with Crippen molar-refractivity contribution in [1.82, 2.24) is 5.16 Å². The third-order valence-corrected chi connectivity index (χ3v) is 4.69. The van der Waals surface area contributed by atoms with Crippen LogP contribution in [0.4, 0.5) is 10.2 Å². The van der Waals surface area contributed by atoms with E-state index >= 15 is 0 Å². The van der Waals surface area contributed by atoms with E-state index in [1.165, 1.54) is 25.3 Å². The van der Waals surface area contributed by atoms with Gasteiger partial charge >= 0.3 is 5.97 Å². The van der Waals surface area contributed by atoms with Gasteiger partial charge in [0.25, 0.3) is 0 Å². The molecular weight excluding hydrogens is 343 g/mol. The number of aromatic carboxylic acids is 1. The fourth-order valence-electron chi connectivity index (χ4n) is 3.24. The molecule has 1 saturated carbocycles. The van der Waals surface area contributed by atoms with Crippen molar-refractivity contribution in [2.45, 2.75) is 37.7 Å². The minimum absolute atomic E-state index is 0.00562. The number of carboxylic acids is 1. The molecule has 3 rings (SSSR count). The van der Waals surface area contributed by atoms with Gasteiger partial charge in [0.2, 0.25) is 0 Å². The highest BCUT2D eigenvalue weighted by atomic mass is 19.1. The van der Waals surface area contributed by atoms with Gasteiger partial charge in [-0.3, -0.25) is 0 Å². The van der Waals surface area contributed by atoms with Crippen LogP contribution in [0.5, 0.6) is 5.75 Å². The molecule has 1 heterocycles. The van der Waals surface area contributed by atoms with E-state index in [0.717, 1.165) is 19.3 Å².